The number of carbonyl (C=O) groups excluding carboxylic acids is 1. The Labute approximate surface area is 171 Å². The Morgan fingerprint density at radius 2 is 2.07 bits per heavy atom. The fraction of sp³-hybridized carbons (Fsp3) is 0.190. The third kappa shape index (κ3) is 3.90. The van der Waals surface area contributed by atoms with E-state index in [0.717, 1.165) is 6.42 Å². The van der Waals surface area contributed by atoms with Gasteiger partial charge in [0.2, 0.25) is 0 Å². The van der Waals surface area contributed by atoms with Crippen molar-refractivity contribution in [2.24, 2.45) is 0 Å². The summed E-state index contributed by atoms with van der Waals surface area (Å²) in [5.74, 6) is 0.420. The zero-order chi connectivity index (χ0) is 21.1. The van der Waals surface area contributed by atoms with Crippen LogP contribution in [0.5, 0.6) is 5.75 Å². The normalized spacial score (nSPS) is 11.9. The van der Waals surface area contributed by atoms with Crippen molar-refractivity contribution in [1.29, 1.82) is 0 Å². The van der Waals surface area contributed by atoms with Crippen LogP contribution in [0.3, 0.4) is 0 Å². The topological polar surface area (TPSA) is 123 Å². The van der Waals surface area contributed by atoms with Gasteiger partial charge in [-0.25, -0.2) is 0 Å². The van der Waals surface area contributed by atoms with Gasteiger partial charge in [0.1, 0.15) is 17.1 Å². The lowest BCUT2D eigenvalue weighted by Crippen LogP contribution is -2.14. The van der Waals surface area contributed by atoms with E-state index in [-0.39, 0.29) is 17.4 Å². The predicted molar refractivity (Wildman–Crippen MR) is 110 cm³/mol. The Hall–Kier alpha value is -4.01. The van der Waals surface area contributed by atoms with Crippen LogP contribution >= 0.6 is 0 Å². The molecule has 30 heavy (non-hydrogen) atoms. The number of hydrogen-bond donors (Lipinski definition) is 2. The fourth-order valence-electron chi connectivity index (χ4n) is 2.88. The number of H-pyrrole nitrogens is 1. The molecule has 0 aliphatic heterocycles. The summed E-state index contributed by atoms with van der Waals surface area (Å²) in [6.45, 7) is 4.02. The molecule has 1 amide bonds. The molecule has 2 aromatic heterocycles. The molecule has 2 aromatic carbocycles. The van der Waals surface area contributed by atoms with Crippen LogP contribution in [-0.2, 0) is 0 Å². The van der Waals surface area contributed by atoms with Gasteiger partial charge in [0, 0.05) is 11.8 Å². The summed E-state index contributed by atoms with van der Waals surface area (Å²) >= 11 is 0. The van der Waals surface area contributed by atoms with Crippen LogP contribution in [0.15, 0.2) is 57.7 Å². The molecule has 0 aliphatic rings. The standard InChI is InChI=1S/C21H19N5O4/c1-3-12(2)29-17-7-5-4-6-14(17)19-11-16(27)15-10-13(8-9-18(15)30-19)22-21(28)20-23-25-26-24-20/h4-12H,3H2,1-2H3,(H,22,28)(H,23,24,25,26). The van der Waals surface area contributed by atoms with Gasteiger partial charge in [0.15, 0.2) is 5.43 Å². The molecule has 0 bridgehead atoms. The molecule has 2 N–H and O–H groups in total. The van der Waals surface area contributed by atoms with Crippen LogP contribution in [0.2, 0.25) is 0 Å². The number of aromatic nitrogens is 4. The van der Waals surface area contributed by atoms with Gasteiger partial charge in [-0.1, -0.05) is 19.1 Å². The number of tetrazole rings is 1. The molecule has 1 atom stereocenters. The van der Waals surface area contributed by atoms with E-state index in [1.807, 2.05) is 38.1 Å². The van der Waals surface area contributed by atoms with Gasteiger partial charge in [-0.2, -0.15) is 5.21 Å². The Morgan fingerprint density at radius 3 is 2.83 bits per heavy atom. The van der Waals surface area contributed by atoms with Crippen LogP contribution < -0.4 is 15.5 Å². The molecule has 0 spiro atoms. The Kier molecular flexibility index (Phi) is 5.25. The van der Waals surface area contributed by atoms with Crippen molar-refractivity contribution in [3.8, 4) is 17.1 Å². The molecule has 4 rings (SSSR count). The Balaban J connectivity index is 1.69. The van der Waals surface area contributed by atoms with E-state index < -0.39 is 5.91 Å². The van der Waals surface area contributed by atoms with Crippen LogP contribution in [0.25, 0.3) is 22.3 Å². The number of fused-ring (bicyclic) bond motifs is 1. The van der Waals surface area contributed by atoms with Crippen molar-refractivity contribution in [3.63, 3.8) is 0 Å². The third-order valence-electron chi connectivity index (χ3n) is 4.59. The molecular formula is C21H19N5O4. The van der Waals surface area contributed by atoms with Gasteiger partial charge >= 0.3 is 0 Å². The maximum atomic E-state index is 12.8. The lowest BCUT2D eigenvalue weighted by molar-refractivity contribution is 0.101. The summed E-state index contributed by atoms with van der Waals surface area (Å²) in [4.78, 5) is 24.9. The summed E-state index contributed by atoms with van der Waals surface area (Å²) in [5, 5.41) is 15.8. The molecule has 0 radical (unpaired) electrons. The van der Waals surface area contributed by atoms with Gasteiger partial charge in [0.05, 0.1) is 17.1 Å². The lowest BCUT2D eigenvalue weighted by atomic mass is 10.1. The molecule has 0 aliphatic carbocycles. The van der Waals surface area contributed by atoms with E-state index in [9.17, 15) is 9.59 Å². The summed E-state index contributed by atoms with van der Waals surface area (Å²) in [5.41, 5.74) is 1.28. The van der Waals surface area contributed by atoms with Gasteiger partial charge < -0.3 is 14.5 Å². The van der Waals surface area contributed by atoms with E-state index in [2.05, 4.69) is 25.9 Å². The zero-order valence-electron chi connectivity index (χ0n) is 16.4. The summed E-state index contributed by atoms with van der Waals surface area (Å²) in [6.07, 6.45) is 0.887. The van der Waals surface area contributed by atoms with E-state index in [0.29, 0.717) is 33.7 Å². The molecule has 9 nitrogen and oxygen atoms in total. The van der Waals surface area contributed by atoms with Crippen molar-refractivity contribution in [2.45, 2.75) is 26.4 Å². The molecule has 2 heterocycles. The molecule has 0 saturated carbocycles. The number of benzene rings is 2. The second-order valence-corrected chi connectivity index (χ2v) is 6.71. The molecule has 1 unspecified atom stereocenters. The highest BCUT2D eigenvalue weighted by Gasteiger charge is 2.15. The van der Waals surface area contributed by atoms with Crippen molar-refractivity contribution < 1.29 is 13.9 Å². The lowest BCUT2D eigenvalue weighted by Gasteiger charge is -2.15. The average molecular weight is 405 g/mol. The van der Waals surface area contributed by atoms with Crippen LogP contribution in [0.1, 0.15) is 30.9 Å². The number of rotatable bonds is 6. The maximum Gasteiger partial charge on any atom is 0.297 e. The molecule has 0 saturated heterocycles. The zero-order valence-corrected chi connectivity index (χ0v) is 16.4. The van der Waals surface area contributed by atoms with E-state index >= 15 is 0 Å². The quantitative estimate of drug-likeness (QED) is 0.504. The number of carbonyl (C=O) groups is 1. The monoisotopic (exact) mass is 405 g/mol. The van der Waals surface area contributed by atoms with E-state index in [1.165, 1.54) is 6.07 Å². The molecular weight excluding hydrogens is 386 g/mol. The number of aromatic amines is 1. The number of nitrogens with zero attached hydrogens (tertiary/aromatic N) is 3. The number of hydrogen-bond acceptors (Lipinski definition) is 7. The average Bonchev–Trinajstić information content (AvgIpc) is 3.29. The van der Waals surface area contributed by atoms with Crippen LogP contribution in [0, 0.1) is 0 Å². The van der Waals surface area contributed by atoms with E-state index in [1.54, 1.807) is 18.2 Å². The van der Waals surface area contributed by atoms with Crippen molar-refractivity contribution in [3.05, 3.63) is 64.6 Å². The third-order valence-corrected chi connectivity index (χ3v) is 4.59. The largest absolute Gasteiger partial charge is 0.490 e. The first kappa shape index (κ1) is 19.3. The summed E-state index contributed by atoms with van der Waals surface area (Å²) in [7, 11) is 0. The minimum absolute atomic E-state index is 0.0312. The SMILES string of the molecule is CCC(C)Oc1ccccc1-c1cc(=O)c2cc(NC(=O)c3nn[nH]n3)ccc2o1. The second-order valence-electron chi connectivity index (χ2n) is 6.71. The molecule has 4 aromatic rings. The van der Waals surface area contributed by atoms with Gasteiger partial charge in [-0.15, -0.1) is 10.2 Å². The molecule has 0 fully saturated rings. The van der Waals surface area contributed by atoms with Gasteiger partial charge in [-0.05, 0) is 48.9 Å². The van der Waals surface area contributed by atoms with Crippen molar-refractivity contribution in [1.82, 2.24) is 20.6 Å². The highest BCUT2D eigenvalue weighted by atomic mass is 16.5. The van der Waals surface area contributed by atoms with Crippen LogP contribution in [-0.4, -0.2) is 32.6 Å². The first-order valence-corrected chi connectivity index (χ1v) is 9.44. The first-order chi connectivity index (χ1) is 14.5. The Bertz CT molecular complexity index is 1250. The number of ether oxygens (including phenoxy) is 1. The van der Waals surface area contributed by atoms with Crippen molar-refractivity contribution in [2.75, 3.05) is 5.32 Å². The molecule has 152 valence electrons. The van der Waals surface area contributed by atoms with Gasteiger partial charge in [0.25, 0.3) is 11.7 Å². The smallest absolute Gasteiger partial charge is 0.297 e. The van der Waals surface area contributed by atoms with Crippen molar-refractivity contribution >= 4 is 22.6 Å². The number of anilines is 1. The summed E-state index contributed by atoms with van der Waals surface area (Å²) < 4.78 is 12.0. The minimum Gasteiger partial charge on any atom is -0.490 e. The highest BCUT2D eigenvalue weighted by Crippen LogP contribution is 2.32. The van der Waals surface area contributed by atoms with Crippen LogP contribution in [0.4, 0.5) is 5.69 Å². The number of nitrogens with one attached hydrogen (secondary N) is 2. The maximum absolute atomic E-state index is 12.8. The summed E-state index contributed by atoms with van der Waals surface area (Å²) in [6, 6.07) is 13.7. The highest BCUT2D eigenvalue weighted by molar-refractivity contribution is 6.02. The fourth-order valence-corrected chi connectivity index (χ4v) is 2.88. The first-order valence-electron chi connectivity index (χ1n) is 9.44. The number of para-hydroxylation sites is 1. The second kappa shape index (κ2) is 8.16. The predicted octanol–water partition coefficient (Wildman–Crippen LogP) is 3.40. The number of amides is 1. The molecule has 9 heteroatoms. The minimum atomic E-state index is -0.541. The van der Waals surface area contributed by atoms with E-state index in [4.69, 9.17) is 9.15 Å². The van der Waals surface area contributed by atoms with Gasteiger partial charge in [-0.3, -0.25) is 9.59 Å². The Morgan fingerprint density at radius 1 is 1.23 bits per heavy atom.